The van der Waals surface area contributed by atoms with Crippen molar-refractivity contribution in [1.29, 1.82) is 0 Å². The molecular weight excluding hydrogens is 227 g/mol. The number of aliphatic hydroxyl groups is 1. The van der Waals surface area contributed by atoms with Gasteiger partial charge >= 0.3 is 0 Å². The Balaban J connectivity index is 2.18. The second kappa shape index (κ2) is 3.76. The van der Waals surface area contributed by atoms with Gasteiger partial charge in [0, 0.05) is 4.43 Å². The summed E-state index contributed by atoms with van der Waals surface area (Å²) in [5.41, 5.74) is 0. The Morgan fingerprint density at radius 1 is 1.22 bits per heavy atom. The largest absolute Gasteiger partial charge is 0.393 e. The maximum Gasteiger partial charge on any atom is 0.0540 e. The summed E-state index contributed by atoms with van der Waals surface area (Å²) >= 11 is 2.43. The zero-order valence-corrected chi connectivity index (χ0v) is 7.67. The molecule has 0 heterocycles. The van der Waals surface area contributed by atoms with E-state index in [0.29, 0.717) is 0 Å². The van der Waals surface area contributed by atoms with Crippen LogP contribution in [0.25, 0.3) is 0 Å². The molecule has 0 aromatic carbocycles. The fourth-order valence-electron chi connectivity index (χ4n) is 1.30. The Hall–Kier alpha value is 0.690. The van der Waals surface area contributed by atoms with Crippen LogP contribution < -0.4 is 0 Å². The van der Waals surface area contributed by atoms with Gasteiger partial charge in [0.05, 0.1) is 6.10 Å². The van der Waals surface area contributed by atoms with Crippen molar-refractivity contribution in [2.24, 2.45) is 5.92 Å². The van der Waals surface area contributed by atoms with E-state index in [2.05, 4.69) is 22.6 Å². The number of halogens is 1. The van der Waals surface area contributed by atoms with Gasteiger partial charge in [0.1, 0.15) is 0 Å². The number of hydrogen-bond acceptors (Lipinski definition) is 1. The van der Waals surface area contributed by atoms with Crippen LogP contribution in [-0.4, -0.2) is 15.6 Å². The van der Waals surface area contributed by atoms with Gasteiger partial charge in [-0.25, -0.2) is 0 Å². The smallest absolute Gasteiger partial charge is 0.0540 e. The van der Waals surface area contributed by atoms with E-state index in [1.165, 1.54) is 17.3 Å². The van der Waals surface area contributed by atoms with Crippen LogP contribution in [0, 0.1) is 5.92 Å². The third kappa shape index (κ3) is 2.42. The molecule has 0 aliphatic heterocycles. The minimum atomic E-state index is 0.0178. The summed E-state index contributed by atoms with van der Waals surface area (Å²) in [5, 5.41) is 9.12. The normalized spacial score (nSPS) is 36.7. The summed E-state index contributed by atoms with van der Waals surface area (Å²) in [4.78, 5) is 0. The van der Waals surface area contributed by atoms with Crippen molar-refractivity contribution in [3.8, 4) is 0 Å². The second-order valence-corrected chi connectivity index (χ2v) is 3.71. The van der Waals surface area contributed by atoms with Gasteiger partial charge in [0.2, 0.25) is 0 Å². The predicted molar refractivity (Wildman–Crippen MR) is 46.9 cm³/mol. The van der Waals surface area contributed by atoms with Gasteiger partial charge in [-0.2, -0.15) is 0 Å². The van der Waals surface area contributed by atoms with Gasteiger partial charge in [-0.15, -0.1) is 0 Å². The molecule has 2 heteroatoms. The number of aliphatic hydroxyl groups excluding tert-OH is 1. The van der Waals surface area contributed by atoms with E-state index in [0.717, 1.165) is 18.8 Å². The summed E-state index contributed by atoms with van der Waals surface area (Å²) in [5.74, 6) is 0.897. The second-order valence-electron chi connectivity index (χ2n) is 2.83. The Bertz CT molecular complexity index is 77.0. The van der Waals surface area contributed by atoms with E-state index in [4.69, 9.17) is 5.11 Å². The fraction of sp³-hybridized carbons (Fsp3) is 1.00. The number of rotatable bonds is 1. The minimum absolute atomic E-state index is 0.0178. The monoisotopic (exact) mass is 240 g/mol. The molecule has 1 saturated carbocycles. The Morgan fingerprint density at radius 2 is 1.78 bits per heavy atom. The van der Waals surface area contributed by atoms with E-state index in [-0.39, 0.29) is 6.10 Å². The molecule has 0 atom stereocenters. The molecule has 9 heavy (non-hydrogen) atoms. The molecule has 0 amide bonds. The van der Waals surface area contributed by atoms with Gasteiger partial charge in [-0.05, 0) is 31.6 Å². The molecule has 1 rings (SSSR count). The zero-order chi connectivity index (χ0) is 6.69. The molecule has 0 aromatic rings. The van der Waals surface area contributed by atoms with Crippen LogP contribution in [0.15, 0.2) is 0 Å². The number of hydrogen-bond donors (Lipinski definition) is 1. The van der Waals surface area contributed by atoms with Crippen LogP contribution in [0.5, 0.6) is 0 Å². The van der Waals surface area contributed by atoms with Gasteiger partial charge < -0.3 is 5.11 Å². The molecule has 1 aliphatic carbocycles. The first-order valence-corrected chi connectivity index (χ1v) is 5.09. The highest BCUT2D eigenvalue weighted by Gasteiger charge is 2.17. The van der Waals surface area contributed by atoms with Crippen LogP contribution in [0.4, 0.5) is 0 Å². The van der Waals surface area contributed by atoms with Crippen LogP contribution in [0.1, 0.15) is 25.7 Å². The van der Waals surface area contributed by atoms with Crippen LogP contribution in [0.3, 0.4) is 0 Å². The van der Waals surface area contributed by atoms with Crippen molar-refractivity contribution in [2.75, 3.05) is 4.43 Å². The fourth-order valence-corrected chi connectivity index (χ4v) is 2.18. The van der Waals surface area contributed by atoms with Crippen molar-refractivity contribution >= 4 is 22.6 Å². The molecule has 1 nitrogen and oxygen atoms in total. The van der Waals surface area contributed by atoms with Gasteiger partial charge in [-0.1, -0.05) is 22.6 Å². The molecule has 0 bridgehead atoms. The lowest BCUT2D eigenvalue weighted by Crippen LogP contribution is -2.18. The van der Waals surface area contributed by atoms with Gasteiger partial charge in [0.25, 0.3) is 0 Å². The first kappa shape index (κ1) is 7.79. The maximum atomic E-state index is 9.12. The average Bonchev–Trinajstić information content (AvgIpc) is 1.90. The molecule has 1 aliphatic rings. The van der Waals surface area contributed by atoms with E-state index >= 15 is 0 Å². The lowest BCUT2D eigenvalue weighted by atomic mass is 9.89. The lowest BCUT2D eigenvalue weighted by Gasteiger charge is -2.23. The molecule has 0 saturated heterocycles. The predicted octanol–water partition coefficient (Wildman–Crippen LogP) is 1.97. The van der Waals surface area contributed by atoms with E-state index in [9.17, 15) is 0 Å². The average molecular weight is 240 g/mol. The molecule has 0 aromatic heterocycles. The SMILES string of the molecule is OC1CCC(CI)CC1. The molecule has 0 radical (unpaired) electrons. The van der Waals surface area contributed by atoms with Crippen molar-refractivity contribution in [3.63, 3.8) is 0 Å². The van der Waals surface area contributed by atoms with E-state index in [1.54, 1.807) is 0 Å². The minimum Gasteiger partial charge on any atom is -0.393 e. The van der Waals surface area contributed by atoms with Gasteiger partial charge in [0.15, 0.2) is 0 Å². The topological polar surface area (TPSA) is 20.2 Å². The molecular formula is C7H13IO. The Morgan fingerprint density at radius 3 is 2.22 bits per heavy atom. The molecule has 54 valence electrons. The molecule has 0 spiro atoms. The van der Waals surface area contributed by atoms with Crippen LogP contribution in [0.2, 0.25) is 0 Å². The summed E-state index contributed by atoms with van der Waals surface area (Å²) in [6, 6.07) is 0. The molecule has 0 unspecified atom stereocenters. The first-order chi connectivity index (χ1) is 4.33. The Labute approximate surface area is 70.0 Å². The summed E-state index contributed by atoms with van der Waals surface area (Å²) in [7, 11) is 0. The van der Waals surface area contributed by atoms with Crippen LogP contribution >= 0.6 is 22.6 Å². The third-order valence-corrected chi connectivity index (χ3v) is 3.28. The standard InChI is InChI=1S/C7H13IO/c8-5-6-1-3-7(9)4-2-6/h6-7,9H,1-5H2. The third-order valence-electron chi connectivity index (χ3n) is 2.03. The van der Waals surface area contributed by atoms with E-state index in [1.807, 2.05) is 0 Å². The van der Waals surface area contributed by atoms with Crippen molar-refractivity contribution in [2.45, 2.75) is 31.8 Å². The van der Waals surface area contributed by atoms with Crippen LogP contribution in [-0.2, 0) is 0 Å². The van der Waals surface area contributed by atoms with Crippen molar-refractivity contribution in [3.05, 3.63) is 0 Å². The highest BCUT2D eigenvalue weighted by molar-refractivity contribution is 14.1. The summed E-state index contributed by atoms with van der Waals surface area (Å²) in [6.45, 7) is 0. The highest BCUT2D eigenvalue weighted by Crippen LogP contribution is 2.25. The van der Waals surface area contributed by atoms with Crippen molar-refractivity contribution < 1.29 is 5.11 Å². The molecule has 1 N–H and O–H groups in total. The van der Waals surface area contributed by atoms with Crippen molar-refractivity contribution in [1.82, 2.24) is 0 Å². The lowest BCUT2D eigenvalue weighted by molar-refractivity contribution is 0.114. The summed E-state index contributed by atoms with van der Waals surface area (Å²) in [6.07, 6.45) is 4.57. The van der Waals surface area contributed by atoms with E-state index < -0.39 is 0 Å². The Kier molecular flexibility index (Phi) is 3.26. The van der Waals surface area contributed by atoms with Gasteiger partial charge in [-0.3, -0.25) is 0 Å². The first-order valence-electron chi connectivity index (χ1n) is 3.57. The molecule has 1 fully saturated rings. The number of alkyl halides is 1. The maximum absolute atomic E-state index is 9.12. The summed E-state index contributed by atoms with van der Waals surface area (Å²) < 4.78 is 1.27. The zero-order valence-electron chi connectivity index (χ0n) is 5.52. The highest BCUT2D eigenvalue weighted by atomic mass is 127. The quantitative estimate of drug-likeness (QED) is 0.548.